The van der Waals surface area contributed by atoms with Crippen molar-refractivity contribution in [3.8, 4) is 11.8 Å². The fourth-order valence-corrected chi connectivity index (χ4v) is 1.14. The minimum atomic E-state index is -1.24. The third-order valence-electron chi connectivity index (χ3n) is 1.35. The first-order chi connectivity index (χ1) is 5.57. The Morgan fingerprint density at radius 1 is 1.69 bits per heavy atom. The Balaban J connectivity index is 0. The Morgan fingerprint density at radius 3 is 2.54 bits per heavy atom. The maximum atomic E-state index is 10.1. The Labute approximate surface area is 114 Å². The zero-order chi connectivity index (χ0) is 9.56. The molecule has 1 amide bonds. The summed E-state index contributed by atoms with van der Waals surface area (Å²) in [6, 6.07) is 0. The van der Waals surface area contributed by atoms with Crippen molar-refractivity contribution in [1.29, 1.82) is 0 Å². The van der Waals surface area contributed by atoms with Crippen LogP contribution in [0.1, 0.15) is 13.8 Å². The topological polar surface area (TPSA) is 52.2 Å². The Morgan fingerprint density at radius 2 is 2.23 bits per heavy atom. The summed E-state index contributed by atoms with van der Waals surface area (Å²) in [4.78, 5) is 10.1. The summed E-state index contributed by atoms with van der Waals surface area (Å²) in [5.74, 6) is 5.75. The SMILES string of the molecule is CC#CC(CNC(=O)[O-])C(C)I.[Na+]. The molecular weight excluding hydrogens is 292 g/mol. The monoisotopic (exact) mass is 303 g/mol. The van der Waals surface area contributed by atoms with E-state index in [0.29, 0.717) is 10.5 Å². The van der Waals surface area contributed by atoms with Gasteiger partial charge in [0.15, 0.2) is 0 Å². The molecule has 0 fully saturated rings. The van der Waals surface area contributed by atoms with Gasteiger partial charge in [-0.1, -0.05) is 35.4 Å². The van der Waals surface area contributed by atoms with Crippen LogP contribution in [0.3, 0.4) is 0 Å². The van der Waals surface area contributed by atoms with Crippen LogP contribution in [-0.4, -0.2) is 16.6 Å². The van der Waals surface area contributed by atoms with Gasteiger partial charge in [-0.25, -0.2) is 0 Å². The number of halogens is 1. The Hall–Kier alpha value is 0.560. The molecule has 0 rings (SSSR count). The van der Waals surface area contributed by atoms with Crippen molar-refractivity contribution in [1.82, 2.24) is 5.32 Å². The second kappa shape index (κ2) is 9.13. The minimum Gasteiger partial charge on any atom is -0.530 e. The van der Waals surface area contributed by atoms with Gasteiger partial charge in [-0.3, -0.25) is 0 Å². The maximum Gasteiger partial charge on any atom is 1.00 e. The molecule has 0 spiro atoms. The van der Waals surface area contributed by atoms with Crippen LogP contribution in [0.4, 0.5) is 4.79 Å². The van der Waals surface area contributed by atoms with Crippen LogP contribution in [0.25, 0.3) is 0 Å². The van der Waals surface area contributed by atoms with Gasteiger partial charge in [-0.2, -0.15) is 0 Å². The fraction of sp³-hybridized carbons (Fsp3) is 0.625. The second-order valence-electron chi connectivity index (χ2n) is 2.35. The number of carbonyl (C=O) groups excluding carboxylic acids is 1. The number of hydrogen-bond acceptors (Lipinski definition) is 2. The van der Waals surface area contributed by atoms with Crippen molar-refractivity contribution in [2.45, 2.75) is 17.8 Å². The smallest absolute Gasteiger partial charge is 0.530 e. The Kier molecular flexibility index (Phi) is 11.2. The predicted molar refractivity (Wildman–Crippen MR) is 53.8 cm³/mol. The van der Waals surface area contributed by atoms with Gasteiger partial charge in [-0.05, 0) is 6.92 Å². The molecule has 3 nitrogen and oxygen atoms in total. The van der Waals surface area contributed by atoms with E-state index in [4.69, 9.17) is 0 Å². The molecule has 1 N–H and O–H groups in total. The third-order valence-corrected chi connectivity index (χ3v) is 2.22. The van der Waals surface area contributed by atoms with E-state index < -0.39 is 6.09 Å². The molecule has 68 valence electrons. The van der Waals surface area contributed by atoms with Crippen LogP contribution in [0.15, 0.2) is 0 Å². The number of nitrogens with one attached hydrogen (secondary N) is 1. The van der Waals surface area contributed by atoms with Gasteiger partial charge in [0.1, 0.15) is 6.09 Å². The zero-order valence-electron chi connectivity index (χ0n) is 8.06. The molecule has 0 aliphatic heterocycles. The van der Waals surface area contributed by atoms with Crippen molar-refractivity contribution >= 4 is 28.7 Å². The predicted octanol–water partition coefficient (Wildman–Crippen LogP) is -2.61. The molecule has 5 heteroatoms. The van der Waals surface area contributed by atoms with Gasteiger partial charge in [0.05, 0.1) is 0 Å². The van der Waals surface area contributed by atoms with E-state index in [9.17, 15) is 9.90 Å². The molecule has 0 aliphatic carbocycles. The molecule has 0 aromatic carbocycles. The van der Waals surface area contributed by atoms with Crippen molar-refractivity contribution in [2.75, 3.05) is 6.54 Å². The number of amides is 1. The quantitative estimate of drug-likeness (QED) is 0.269. The summed E-state index contributed by atoms with van der Waals surface area (Å²) >= 11 is 2.22. The first kappa shape index (κ1) is 16.0. The van der Waals surface area contributed by atoms with Crippen molar-refractivity contribution in [3.63, 3.8) is 0 Å². The van der Waals surface area contributed by atoms with E-state index in [1.54, 1.807) is 6.92 Å². The van der Waals surface area contributed by atoms with Gasteiger partial charge >= 0.3 is 29.6 Å². The minimum absolute atomic E-state index is 0. The summed E-state index contributed by atoms with van der Waals surface area (Å²) in [6.07, 6.45) is -1.24. The van der Waals surface area contributed by atoms with E-state index in [2.05, 4.69) is 39.7 Å². The van der Waals surface area contributed by atoms with Crippen LogP contribution < -0.4 is 40.0 Å². The molecule has 0 bridgehead atoms. The van der Waals surface area contributed by atoms with Gasteiger partial charge < -0.3 is 15.2 Å². The first-order valence-electron chi connectivity index (χ1n) is 3.59. The van der Waals surface area contributed by atoms with E-state index in [-0.39, 0.29) is 35.5 Å². The van der Waals surface area contributed by atoms with Crippen LogP contribution >= 0.6 is 22.6 Å². The van der Waals surface area contributed by atoms with Crippen LogP contribution in [0.2, 0.25) is 0 Å². The standard InChI is InChI=1S/C8H12INO2.Na/c1-3-4-7(6(2)9)5-10-8(11)12;/h6-7,10H,5H2,1-2H3,(H,11,12);/q;+1/p-1. The normalized spacial score (nSPS) is 12.8. The molecule has 0 radical (unpaired) electrons. The van der Waals surface area contributed by atoms with E-state index >= 15 is 0 Å². The molecule has 2 atom stereocenters. The number of carboxylic acid groups (broad SMARTS) is 1. The molecule has 2 unspecified atom stereocenters. The number of carbonyl (C=O) groups is 1. The molecule has 0 saturated carbocycles. The van der Waals surface area contributed by atoms with Crippen LogP contribution in [-0.2, 0) is 0 Å². The average Bonchev–Trinajstić information content (AvgIpc) is 1.96. The van der Waals surface area contributed by atoms with Crippen molar-refractivity contribution in [2.24, 2.45) is 5.92 Å². The van der Waals surface area contributed by atoms with Gasteiger partial charge in [0.2, 0.25) is 0 Å². The molecule has 0 aliphatic rings. The second-order valence-corrected chi connectivity index (χ2v) is 4.31. The average molecular weight is 303 g/mol. The summed E-state index contributed by atoms with van der Waals surface area (Å²) in [5.41, 5.74) is 0. The van der Waals surface area contributed by atoms with Crippen LogP contribution in [0.5, 0.6) is 0 Å². The maximum absolute atomic E-state index is 10.1. The third kappa shape index (κ3) is 8.88. The largest absolute Gasteiger partial charge is 1.00 e. The van der Waals surface area contributed by atoms with Crippen molar-refractivity contribution < 1.29 is 39.5 Å². The zero-order valence-corrected chi connectivity index (χ0v) is 12.2. The number of rotatable bonds is 3. The summed E-state index contributed by atoms with van der Waals surface area (Å²) in [7, 11) is 0. The molecule has 13 heavy (non-hydrogen) atoms. The first-order valence-corrected chi connectivity index (χ1v) is 4.83. The molecular formula is C8H11INNaO2. The van der Waals surface area contributed by atoms with Gasteiger partial charge in [0, 0.05) is 16.4 Å². The number of alkyl halides is 1. The molecule has 0 aromatic rings. The molecule has 0 heterocycles. The van der Waals surface area contributed by atoms with E-state index in [1.807, 2.05) is 6.92 Å². The molecule has 0 saturated heterocycles. The van der Waals surface area contributed by atoms with Gasteiger partial charge in [-0.15, -0.1) is 5.92 Å². The summed E-state index contributed by atoms with van der Waals surface area (Å²) in [6.45, 7) is 4.07. The van der Waals surface area contributed by atoms with E-state index in [0.717, 1.165) is 0 Å². The van der Waals surface area contributed by atoms with Gasteiger partial charge in [0.25, 0.3) is 0 Å². The van der Waals surface area contributed by atoms with Crippen molar-refractivity contribution in [3.05, 3.63) is 0 Å². The van der Waals surface area contributed by atoms with E-state index in [1.165, 1.54) is 0 Å². The van der Waals surface area contributed by atoms with Crippen LogP contribution in [0, 0.1) is 17.8 Å². The Bertz CT molecular complexity index is 210. The summed E-state index contributed by atoms with van der Waals surface area (Å²) in [5, 5.41) is 12.3. The fourth-order valence-electron chi connectivity index (χ4n) is 0.707. The molecule has 0 aromatic heterocycles. The summed E-state index contributed by atoms with van der Waals surface area (Å²) < 4.78 is 0.321. The number of hydrogen-bond donors (Lipinski definition) is 1.